The van der Waals surface area contributed by atoms with Crippen LogP contribution in [0.1, 0.15) is 18.3 Å². The Morgan fingerprint density at radius 3 is 2.94 bits per heavy atom. The van der Waals surface area contributed by atoms with Crippen LogP contribution < -0.4 is 10.2 Å². The lowest BCUT2D eigenvalue weighted by atomic mass is 10.3. The first-order valence-corrected chi connectivity index (χ1v) is 6.97. The molecule has 2 rings (SSSR count). The zero-order valence-electron chi connectivity index (χ0n) is 10.8. The molecular weight excluding hydrogens is 244 g/mol. The van der Waals surface area contributed by atoms with Crippen molar-refractivity contribution in [1.29, 1.82) is 0 Å². The van der Waals surface area contributed by atoms with Gasteiger partial charge in [-0.2, -0.15) is 0 Å². The molecule has 2 aromatic rings. The minimum Gasteiger partial charge on any atom is -0.369 e. The Morgan fingerprint density at radius 1 is 1.33 bits per heavy atom. The molecule has 4 nitrogen and oxygen atoms in total. The molecule has 0 aromatic carbocycles. The van der Waals surface area contributed by atoms with Crippen LogP contribution in [-0.2, 0) is 13.1 Å². The fraction of sp³-hybridized carbons (Fsp3) is 0.385. The number of pyridine rings is 1. The average molecular weight is 262 g/mol. The molecular formula is C13H18N4S. The van der Waals surface area contributed by atoms with Gasteiger partial charge in [0.2, 0.25) is 0 Å². The molecule has 1 N–H and O–H groups in total. The summed E-state index contributed by atoms with van der Waals surface area (Å²) in [6.07, 6.45) is 1.86. The molecule has 0 saturated heterocycles. The predicted octanol–water partition coefficient (Wildman–Crippen LogP) is 2.28. The number of thiazole rings is 1. The van der Waals surface area contributed by atoms with E-state index in [0.717, 1.165) is 31.0 Å². The Morgan fingerprint density at radius 2 is 2.22 bits per heavy atom. The predicted molar refractivity (Wildman–Crippen MR) is 75.8 cm³/mol. The molecule has 0 atom stereocenters. The lowest BCUT2D eigenvalue weighted by Gasteiger charge is -2.18. The van der Waals surface area contributed by atoms with E-state index in [1.807, 2.05) is 17.8 Å². The van der Waals surface area contributed by atoms with Gasteiger partial charge in [0.15, 0.2) is 0 Å². The van der Waals surface area contributed by atoms with Gasteiger partial charge < -0.3 is 10.2 Å². The van der Waals surface area contributed by atoms with Gasteiger partial charge in [-0.3, -0.25) is 4.98 Å². The van der Waals surface area contributed by atoms with Crippen LogP contribution in [0.25, 0.3) is 0 Å². The molecule has 0 radical (unpaired) electrons. The van der Waals surface area contributed by atoms with Crippen molar-refractivity contribution in [2.45, 2.75) is 20.0 Å². The smallest absolute Gasteiger partial charge is 0.0795 e. The maximum atomic E-state index is 4.35. The quantitative estimate of drug-likeness (QED) is 0.867. The first-order chi connectivity index (χ1) is 8.79. The fourth-order valence-corrected chi connectivity index (χ4v) is 2.25. The molecule has 0 amide bonds. The van der Waals surface area contributed by atoms with Crippen LogP contribution in [0.4, 0.5) is 5.69 Å². The van der Waals surface area contributed by atoms with Gasteiger partial charge in [0, 0.05) is 30.9 Å². The van der Waals surface area contributed by atoms with Crippen LogP contribution in [0.3, 0.4) is 0 Å². The molecule has 5 heteroatoms. The summed E-state index contributed by atoms with van der Waals surface area (Å²) in [5, 5.41) is 5.37. The van der Waals surface area contributed by atoms with Crippen LogP contribution >= 0.6 is 11.3 Å². The van der Waals surface area contributed by atoms with Gasteiger partial charge in [0.05, 0.1) is 23.4 Å². The summed E-state index contributed by atoms with van der Waals surface area (Å²) in [5.74, 6) is 0. The highest BCUT2D eigenvalue weighted by molar-refractivity contribution is 7.07. The third kappa shape index (κ3) is 3.51. The maximum Gasteiger partial charge on any atom is 0.0795 e. The summed E-state index contributed by atoms with van der Waals surface area (Å²) < 4.78 is 0. The zero-order chi connectivity index (χ0) is 12.8. The normalized spacial score (nSPS) is 10.6. The number of rotatable bonds is 6. The van der Waals surface area contributed by atoms with Crippen molar-refractivity contribution in [3.63, 3.8) is 0 Å². The summed E-state index contributed by atoms with van der Waals surface area (Å²) in [6, 6.07) is 4.15. The average Bonchev–Trinajstić information content (AvgIpc) is 2.89. The van der Waals surface area contributed by atoms with Crippen molar-refractivity contribution < 1.29 is 0 Å². The first kappa shape index (κ1) is 13.0. The highest BCUT2D eigenvalue weighted by Crippen LogP contribution is 2.15. The Kier molecular flexibility index (Phi) is 4.66. The SMILES string of the molecule is CCNCc1cc(N(C)Cc2cscn2)ccn1. The van der Waals surface area contributed by atoms with E-state index in [4.69, 9.17) is 0 Å². The Hall–Kier alpha value is -1.46. The minimum atomic E-state index is 0.814. The highest BCUT2D eigenvalue weighted by Gasteiger charge is 2.04. The Labute approximate surface area is 112 Å². The molecule has 2 heterocycles. The third-order valence-electron chi connectivity index (χ3n) is 2.68. The van der Waals surface area contributed by atoms with E-state index in [0.29, 0.717) is 0 Å². The lowest BCUT2D eigenvalue weighted by molar-refractivity contribution is 0.710. The number of hydrogen-bond acceptors (Lipinski definition) is 5. The van der Waals surface area contributed by atoms with Gasteiger partial charge in [-0.05, 0) is 18.7 Å². The topological polar surface area (TPSA) is 41.0 Å². The standard InChI is InChI=1S/C13H18N4S/c1-3-14-7-11-6-13(4-5-15-11)17(2)8-12-9-18-10-16-12/h4-6,9-10,14H,3,7-8H2,1-2H3. The molecule has 0 spiro atoms. The van der Waals surface area contributed by atoms with Gasteiger partial charge in [-0.1, -0.05) is 6.92 Å². The highest BCUT2D eigenvalue weighted by atomic mass is 32.1. The second kappa shape index (κ2) is 6.47. The monoisotopic (exact) mass is 262 g/mol. The summed E-state index contributed by atoms with van der Waals surface area (Å²) in [6.45, 7) is 4.70. The molecule has 0 unspecified atom stereocenters. The number of aromatic nitrogens is 2. The molecule has 0 aliphatic carbocycles. The van der Waals surface area contributed by atoms with Gasteiger partial charge in [0.25, 0.3) is 0 Å². The van der Waals surface area contributed by atoms with E-state index in [2.05, 4.69) is 45.6 Å². The second-order valence-corrected chi connectivity index (χ2v) is 4.84. The van der Waals surface area contributed by atoms with Crippen molar-refractivity contribution in [3.8, 4) is 0 Å². The van der Waals surface area contributed by atoms with E-state index in [9.17, 15) is 0 Å². The van der Waals surface area contributed by atoms with Crippen LogP contribution in [0, 0.1) is 0 Å². The van der Waals surface area contributed by atoms with Crippen LogP contribution in [0.2, 0.25) is 0 Å². The molecule has 2 aromatic heterocycles. The number of nitrogens with one attached hydrogen (secondary N) is 1. The first-order valence-electron chi connectivity index (χ1n) is 6.03. The molecule has 18 heavy (non-hydrogen) atoms. The zero-order valence-corrected chi connectivity index (χ0v) is 11.6. The Bertz CT molecular complexity index is 470. The number of nitrogens with zero attached hydrogens (tertiary/aromatic N) is 3. The summed E-state index contributed by atoms with van der Waals surface area (Å²) >= 11 is 1.63. The largest absolute Gasteiger partial charge is 0.369 e. The van der Waals surface area contributed by atoms with Crippen molar-refractivity contribution in [2.75, 3.05) is 18.5 Å². The number of hydrogen-bond donors (Lipinski definition) is 1. The van der Waals surface area contributed by atoms with Crippen LogP contribution in [0.5, 0.6) is 0 Å². The molecule has 0 saturated carbocycles. The third-order valence-corrected chi connectivity index (χ3v) is 3.31. The van der Waals surface area contributed by atoms with Gasteiger partial charge in [-0.25, -0.2) is 4.98 Å². The maximum absolute atomic E-state index is 4.35. The lowest BCUT2D eigenvalue weighted by Crippen LogP contribution is -2.18. The van der Waals surface area contributed by atoms with E-state index in [1.54, 1.807) is 11.3 Å². The van der Waals surface area contributed by atoms with Crippen LogP contribution in [-0.4, -0.2) is 23.6 Å². The van der Waals surface area contributed by atoms with Crippen LogP contribution in [0.15, 0.2) is 29.2 Å². The van der Waals surface area contributed by atoms with E-state index in [1.165, 1.54) is 5.69 Å². The molecule has 0 aliphatic heterocycles. The number of anilines is 1. The summed E-state index contributed by atoms with van der Waals surface area (Å²) in [7, 11) is 2.08. The van der Waals surface area contributed by atoms with E-state index < -0.39 is 0 Å². The Balaban J connectivity index is 2.03. The molecule has 96 valence electrons. The van der Waals surface area contributed by atoms with E-state index in [-0.39, 0.29) is 0 Å². The van der Waals surface area contributed by atoms with Crippen molar-refractivity contribution >= 4 is 17.0 Å². The molecule has 0 fully saturated rings. The van der Waals surface area contributed by atoms with E-state index >= 15 is 0 Å². The van der Waals surface area contributed by atoms with Crippen molar-refractivity contribution in [3.05, 3.63) is 40.6 Å². The van der Waals surface area contributed by atoms with Crippen molar-refractivity contribution in [2.24, 2.45) is 0 Å². The van der Waals surface area contributed by atoms with Gasteiger partial charge in [-0.15, -0.1) is 11.3 Å². The molecule has 0 aliphatic rings. The molecule has 0 bridgehead atoms. The fourth-order valence-electron chi connectivity index (χ4n) is 1.70. The minimum absolute atomic E-state index is 0.814. The van der Waals surface area contributed by atoms with Crippen molar-refractivity contribution in [1.82, 2.24) is 15.3 Å². The van der Waals surface area contributed by atoms with Gasteiger partial charge in [0.1, 0.15) is 0 Å². The second-order valence-electron chi connectivity index (χ2n) is 4.12. The summed E-state index contributed by atoms with van der Waals surface area (Å²) in [5.41, 5.74) is 5.21. The van der Waals surface area contributed by atoms with Gasteiger partial charge >= 0.3 is 0 Å². The summed E-state index contributed by atoms with van der Waals surface area (Å²) in [4.78, 5) is 10.8.